The zero-order valence-electron chi connectivity index (χ0n) is 20.3. The van der Waals surface area contributed by atoms with Gasteiger partial charge in [0, 0.05) is 19.2 Å². The molecule has 2 unspecified atom stereocenters. The van der Waals surface area contributed by atoms with Crippen molar-refractivity contribution < 1.29 is 24.1 Å². The summed E-state index contributed by atoms with van der Waals surface area (Å²) in [5, 5.41) is 9.13. The van der Waals surface area contributed by atoms with E-state index in [1.165, 1.54) is 0 Å². The van der Waals surface area contributed by atoms with Crippen LogP contribution in [0.2, 0.25) is 0 Å². The van der Waals surface area contributed by atoms with E-state index in [2.05, 4.69) is 13.0 Å². The maximum absolute atomic E-state index is 12.2. The number of benzene rings is 2. The molecule has 0 heterocycles. The summed E-state index contributed by atoms with van der Waals surface area (Å²) in [4.78, 5) is 13.8. The first-order valence-corrected chi connectivity index (χ1v) is 11.5. The molecule has 0 saturated carbocycles. The maximum Gasteiger partial charge on any atom is 0.315 e. The Balaban J connectivity index is 2.11. The molecular weight excluding hydrogens is 420 g/mol. The van der Waals surface area contributed by atoms with E-state index in [0.29, 0.717) is 18.8 Å². The van der Waals surface area contributed by atoms with Crippen LogP contribution in [-0.2, 0) is 6.54 Å². The second-order valence-corrected chi connectivity index (χ2v) is 8.25. The van der Waals surface area contributed by atoms with Crippen molar-refractivity contribution in [2.24, 2.45) is 5.73 Å². The summed E-state index contributed by atoms with van der Waals surface area (Å²) in [6.45, 7) is 4.89. The van der Waals surface area contributed by atoms with Crippen molar-refractivity contribution in [3.8, 4) is 17.2 Å². The molecular formula is C26H38N2O5. The van der Waals surface area contributed by atoms with Gasteiger partial charge in [-0.1, -0.05) is 38.0 Å². The monoisotopic (exact) mass is 458 g/mol. The van der Waals surface area contributed by atoms with Crippen LogP contribution in [0.25, 0.3) is 0 Å². The molecule has 0 aliphatic rings. The highest BCUT2D eigenvalue weighted by atomic mass is 16.5. The van der Waals surface area contributed by atoms with E-state index in [-0.39, 0.29) is 18.6 Å². The van der Waals surface area contributed by atoms with Gasteiger partial charge in [0.05, 0.1) is 20.8 Å². The van der Waals surface area contributed by atoms with Gasteiger partial charge < -0.3 is 30.0 Å². The van der Waals surface area contributed by atoms with Crippen LogP contribution < -0.4 is 19.9 Å². The fraction of sp³-hybridized carbons (Fsp3) is 0.500. The minimum atomic E-state index is -0.444. The van der Waals surface area contributed by atoms with Gasteiger partial charge in [0.2, 0.25) is 0 Å². The summed E-state index contributed by atoms with van der Waals surface area (Å²) in [6, 6.07) is 13.0. The number of rotatable bonds is 14. The Bertz CT molecular complexity index is 856. The normalized spacial score (nSPS) is 12.6. The highest BCUT2D eigenvalue weighted by Gasteiger charge is 2.20. The average molecular weight is 459 g/mol. The minimum Gasteiger partial charge on any atom is -0.497 e. The number of amides is 2. The number of carbonyl (C=O) groups is 1. The van der Waals surface area contributed by atoms with Crippen molar-refractivity contribution in [3.05, 3.63) is 53.6 Å². The van der Waals surface area contributed by atoms with Crippen LogP contribution in [0.3, 0.4) is 0 Å². The summed E-state index contributed by atoms with van der Waals surface area (Å²) in [5.74, 6) is 2.47. The van der Waals surface area contributed by atoms with Crippen molar-refractivity contribution in [2.75, 3.05) is 27.4 Å². The molecule has 182 valence electrons. The number of methoxy groups -OCH3 is 2. The lowest BCUT2D eigenvalue weighted by atomic mass is 9.89. The Hall–Kier alpha value is -2.93. The summed E-state index contributed by atoms with van der Waals surface area (Å²) in [5.41, 5.74) is 7.79. The molecule has 0 bridgehead atoms. The van der Waals surface area contributed by atoms with Gasteiger partial charge in [0.1, 0.15) is 23.4 Å². The number of primary amides is 1. The fourth-order valence-corrected chi connectivity index (χ4v) is 3.80. The molecule has 0 spiro atoms. The number of nitrogens with two attached hydrogens (primary N) is 1. The van der Waals surface area contributed by atoms with E-state index in [1.807, 2.05) is 36.4 Å². The van der Waals surface area contributed by atoms with Gasteiger partial charge in [-0.05, 0) is 55.0 Å². The molecule has 0 fully saturated rings. The molecule has 2 amide bonds. The van der Waals surface area contributed by atoms with Crippen LogP contribution in [0, 0.1) is 0 Å². The first-order valence-electron chi connectivity index (χ1n) is 11.5. The van der Waals surface area contributed by atoms with E-state index < -0.39 is 6.03 Å². The number of aliphatic hydroxyl groups is 1. The van der Waals surface area contributed by atoms with Crippen molar-refractivity contribution in [3.63, 3.8) is 0 Å². The Morgan fingerprint density at radius 3 is 2.33 bits per heavy atom. The first-order chi connectivity index (χ1) is 15.9. The third-order valence-electron chi connectivity index (χ3n) is 5.74. The molecule has 7 nitrogen and oxygen atoms in total. The zero-order valence-corrected chi connectivity index (χ0v) is 20.3. The predicted octanol–water partition coefficient (Wildman–Crippen LogP) is 4.71. The number of hydrogen-bond donors (Lipinski definition) is 2. The largest absolute Gasteiger partial charge is 0.497 e. The van der Waals surface area contributed by atoms with Crippen molar-refractivity contribution >= 4 is 6.03 Å². The van der Waals surface area contributed by atoms with E-state index in [4.69, 9.17) is 25.1 Å². The summed E-state index contributed by atoms with van der Waals surface area (Å²) < 4.78 is 16.6. The average Bonchev–Trinajstić information content (AvgIpc) is 2.83. The summed E-state index contributed by atoms with van der Waals surface area (Å²) >= 11 is 0. The molecule has 33 heavy (non-hydrogen) atoms. The maximum atomic E-state index is 12.2. The van der Waals surface area contributed by atoms with Crippen molar-refractivity contribution in [1.29, 1.82) is 0 Å². The minimum absolute atomic E-state index is 0.0462. The molecule has 0 aliphatic heterocycles. The highest BCUT2D eigenvalue weighted by Crippen LogP contribution is 2.35. The van der Waals surface area contributed by atoms with Gasteiger partial charge in [0.15, 0.2) is 0 Å². The van der Waals surface area contributed by atoms with E-state index in [1.54, 1.807) is 26.0 Å². The lowest BCUT2D eigenvalue weighted by Crippen LogP contribution is -2.36. The smallest absolute Gasteiger partial charge is 0.315 e. The Labute approximate surface area is 197 Å². The van der Waals surface area contributed by atoms with Crippen LogP contribution in [0.4, 0.5) is 4.79 Å². The summed E-state index contributed by atoms with van der Waals surface area (Å²) in [7, 11) is 3.30. The highest BCUT2D eigenvalue weighted by molar-refractivity contribution is 5.72. The third-order valence-corrected chi connectivity index (χ3v) is 5.74. The van der Waals surface area contributed by atoms with Gasteiger partial charge >= 0.3 is 6.03 Å². The van der Waals surface area contributed by atoms with Crippen LogP contribution in [0.15, 0.2) is 42.5 Å². The molecule has 7 heteroatoms. The molecule has 0 saturated heterocycles. The van der Waals surface area contributed by atoms with Crippen LogP contribution in [0.5, 0.6) is 17.2 Å². The van der Waals surface area contributed by atoms with Gasteiger partial charge in [0.25, 0.3) is 0 Å². The Kier molecular flexibility index (Phi) is 10.8. The molecule has 2 rings (SSSR count). The standard InChI is InChI=1S/C26H38N2O5/c1-5-6-7-21(24-13-12-23(31-3)16-25(24)32-4)14-15-28(26(27)30)17-20-8-10-22(11-9-20)33-19(2)18-29/h8-13,16,19,21,29H,5-7,14-15,17-18H2,1-4H3,(H2,27,30). The van der Waals surface area contributed by atoms with Crippen molar-refractivity contribution in [1.82, 2.24) is 4.90 Å². The van der Waals surface area contributed by atoms with Crippen LogP contribution >= 0.6 is 0 Å². The molecule has 2 aromatic carbocycles. The SMILES string of the molecule is CCCCC(CCN(Cc1ccc(OC(C)CO)cc1)C(N)=O)c1ccc(OC)cc1OC. The third kappa shape index (κ3) is 8.17. The topological polar surface area (TPSA) is 94.2 Å². The van der Waals surface area contributed by atoms with E-state index in [9.17, 15) is 4.79 Å². The molecule has 3 N–H and O–H groups in total. The lowest BCUT2D eigenvalue weighted by Gasteiger charge is -2.25. The lowest BCUT2D eigenvalue weighted by molar-refractivity contribution is 0.129. The van der Waals surface area contributed by atoms with Crippen LogP contribution in [-0.4, -0.2) is 49.5 Å². The predicted molar refractivity (Wildman–Crippen MR) is 130 cm³/mol. The van der Waals surface area contributed by atoms with Crippen molar-refractivity contribution in [2.45, 2.75) is 58.1 Å². The van der Waals surface area contributed by atoms with E-state index >= 15 is 0 Å². The van der Waals surface area contributed by atoms with Gasteiger partial charge in [-0.15, -0.1) is 0 Å². The van der Waals surface area contributed by atoms with Gasteiger partial charge in [-0.2, -0.15) is 0 Å². The second kappa shape index (κ2) is 13.6. The number of urea groups is 1. The number of aliphatic hydroxyl groups excluding tert-OH is 1. The molecule has 0 aliphatic carbocycles. The summed E-state index contributed by atoms with van der Waals surface area (Å²) in [6.07, 6.45) is 3.69. The van der Waals surface area contributed by atoms with Gasteiger partial charge in [-0.25, -0.2) is 4.79 Å². The first kappa shape index (κ1) is 26.3. The number of nitrogens with zero attached hydrogens (tertiary/aromatic N) is 1. The Morgan fingerprint density at radius 1 is 1.06 bits per heavy atom. The van der Waals surface area contributed by atoms with Gasteiger partial charge in [-0.3, -0.25) is 0 Å². The molecule has 0 radical (unpaired) electrons. The molecule has 2 aromatic rings. The number of unbranched alkanes of at least 4 members (excludes halogenated alkanes) is 1. The zero-order chi connectivity index (χ0) is 24.2. The number of hydrogen-bond acceptors (Lipinski definition) is 5. The molecule has 2 atom stereocenters. The number of ether oxygens (including phenoxy) is 3. The number of carbonyl (C=O) groups excluding carboxylic acids is 1. The Morgan fingerprint density at radius 2 is 1.76 bits per heavy atom. The van der Waals surface area contributed by atoms with Crippen LogP contribution in [0.1, 0.15) is 56.6 Å². The molecule has 0 aromatic heterocycles. The fourth-order valence-electron chi connectivity index (χ4n) is 3.80. The quantitative estimate of drug-likeness (QED) is 0.428. The second-order valence-electron chi connectivity index (χ2n) is 8.25. The van der Waals surface area contributed by atoms with E-state index in [0.717, 1.165) is 48.3 Å².